The van der Waals surface area contributed by atoms with Crippen LogP contribution in [0.4, 0.5) is 4.39 Å². The molecule has 0 aromatic heterocycles. The fourth-order valence-electron chi connectivity index (χ4n) is 3.84. The normalized spacial score (nSPS) is 15.8. The van der Waals surface area contributed by atoms with Gasteiger partial charge in [-0.2, -0.15) is 0 Å². The van der Waals surface area contributed by atoms with Gasteiger partial charge in [-0.1, -0.05) is 42.5 Å². The third-order valence-corrected chi connectivity index (χ3v) is 5.50. The molecule has 6 heteroatoms. The number of hydrogen-bond acceptors (Lipinski definition) is 3. The highest BCUT2D eigenvalue weighted by Crippen LogP contribution is 2.25. The SMILES string of the molecule is CCN(CC)C(=O)[C@H](c1ccccc1)N1CCN(C(=O)c2ccccc2F)CC1. The molecule has 1 heterocycles. The molecule has 29 heavy (non-hydrogen) atoms. The highest BCUT2D eigenvalue weighted by Gasteiger charge is 2.33. The van der Waals surface area contributed by atoms with Gasteiger partial charge >= 0.3 is 0 Å². The van der Waals surface area contributed by atoms with E-state index in [1.54, 1.807) is 17.0 Å². The molecule has 2 amide bonds. The Labute approximate surface area is 171 Å². The number of piperazine rings is 1. The zero-order chi connectivity index (χ0) is 20.8. The van der Waals surface area contributed by atoms with Crippen LogP contribution in [0, 0.1) is 5.82 Å². The van der Waals surface area contributed by atoms with Crippen LogP contribution in [0.15, 0.2) is 54.6 Å². The molecule has 2 aromatic rings. The van der Waals surface area contributed by atoms with Crippen molar-refractivity contribution in [3.05, 3.63) is 71.5 Å². The van der Waals surface area contributed by atoms with Crippen LogP contribution in [0.3, 0.4) is 0 Å². The molecule has 2 aromatic carbocycles. The van der Waals surface area contributed by atoms with Crippen LogP contribution in [-0.4, -0.2) is 65.8 Å². The molecule has 0 spiro atoms. The molecular weight excluding hydrogens is 369 g/mol. The first kappa shape index (κ1) is 21.0. The third-order valence-electron chi connectivity index (χ3n) is 5.50. The molecule has 0 aliphatic carbocycles. The summed E-state index contributed by atoms with van der Waals surface area (Å²) >= 11 is 0. The minimum absolute atomic E-state index is 0.0788. The van der Waals surface area contributed by atoms with Gasteiger partial charge in [-0.05, 0) is 31.5 Å². The van der Waals surface area contributed by atoms with Gasteiger partial charge in [0.05, 0.1) is 5.56 Å². The summed E-state index contributed by atoms with van der Waals surface area (Å²) in [5.41, 5.74) is 1.05. The van der Waals surface area contributed by atoms with Crippen molar-refractivity contribution in [1.82, 2.24) is 14.7 Å². The Morgan fingerprint density at radius 3 is 2.10 bits per heavy atom. The van der Waals surface area contributed by atoms with E-state index in [0.717, 1.165) is 5.56 Å². The lowest BCUT2D eigenvalue weighted by Crippen LogP contribution is -2.53. The Morgan fingerprint density at radius 1 is 0.931 bits per heavy atom. The monoisotopic (exact) mass is 397 g/mol. The predicted molar refractivity (Wildman–Crippen MR) is 111 cm³/mol. The van der Waals surface area contributed by atoms with Gasteiger partial charge in [0.2, 0.25) is 5.91 Å². The van der Waals surface area contributed by atoms with Gasteiger partial charge in [0.1, 0.15) is 11.9 Å². The smallest absolute Gasteiger partial charge is 0.256 e. The summed E-state index contributed by atoms with van der Waals surface area (Å²) in [7, 11) is 0. The molecule has 1 aliphatic heterocycles. The Morgan fingerprint density at radius 2 is 1.52 bits per heavy atom. The molecule has 1 atom stereocenters. The summed E-state index contributed by atoms with van der Waals surface area (Å²) in [6, 6.07) is 15.5. The first-order valence-electron chi connectivity index (χ1n) is 10.2. The van der Waals surface area contributed by atoms with Crippen molar-refractivity contribution in [2.45, 2.75) is 19.9 Å². The highest BCUT2D eigenvalue weighted by atomic mass is 19.1. The van der Waals surface area contributed by atoms with Gasteiger partial charge in [-0.25, -0.2) is 4.39 Å². The van der Waals surface area contributed by atoms with E-state index in [0.29, 0.717) is 39.3 Å². The molecule has 0 N–H and O–H groups in total. The minimum atomic E-state index is -0.501. The molecule has 0 saturated carbocycles. The Bertz CT molecular complexity index is 831. The van der Waals surface area contributed by atoms with Gasteiger partial charge in [0, 0.05) is 39.3 Å². The van der Waals surface area contributed by atoms with Crippen molar-refractivity contribution in [1.29, 1.82) is 0 Å². The van der Waals surface area contributed by atoms with Crippen molar-refractivity contribution < 1.29 is 14.0 Å². The predicted octanol–water partition coefficient (Wildman–Crippen LogP) is 3.19. The number of likely N-dealkylation sites (N-methyl/N-ethyl adjacent to an activating group) is 1. The fourth-order valence-corrected chi connectivity index (χ4v) is 3.84. The molecule has 0 bridgehead atoms. The molecule has 5 nitrogen and oxygen atoms in total. The topological polar surface area (TPSA) is 43.9 Å². The van der Waals surface area contributed by atoms with Crippen LogP contribution < -0.4 is 0 Å². The van der Waals surface area contributed by atoms with Gasteiger partial charge < -0.3 is 9.80 Å². The van der Waals surface area contributed by atoms with Crippen LogP contribution in [0.1, 0.15) is 35.8 Å². The molecule has 1 aliphatic rings. The van der Waals surface area contributed by atoms with E-state index >= 15 is 0 Å². The van der Waals surface area contributed by atoms with Crippen molar-refractivity contribution >= 4 is 11.8 Å². The van der Waals surface area contributed by atoms with E-state index in [1.165, 1.54) is 12.1 Å². The van der Waals surface area contributed by atoms with Crippen LogP contribution in [0.2, 0.25) is 0 Å². The lowest BCUT2D eigenvalue weighted by molar-refractivity contribution is -0.137. The lowest BCUT2D eigenvalue weighted by Gasteiger charge is -2.40. The van der Waals surface area contributed by atoms with Gasteiger partial charge in [-0.3, -0.25) is 14.5 Å². The zero-order valence-corrected chi connectivity index (χ0v) is 17.1. The average Bonchev–Trinajstić information content (AvgIpc) is 2.76. The standard InChI is InChI=1S/C23H28FN3O2/c1-3-25(4-2)23(29)21(18-10-6-5-7-11-18)26-14-16-27(17-15-26)22(28)19-12-8-9-13-20(19)24/h5-13,21H,3-4,14-17H2,1-2H3/t21-/m0/s1. The summed E-state index contributed by atoms with van der Waals surface area (Å²) < 4.78 is 14.0. The summed E-state index contributed by atoms with van der Waals surface area (Å²) in [5.74, 6) is -0.719. The number of carbonyl (C=O) groups excluding carboxylic acids is 2. The summed E-state index contributed by atoms with van der Waals surface area (Å²) in [6.45, 7) is 7.32. The van der Waals surface area contributed by atoms with Gasteiger partial charge in [0.15, 0.2) is 0 Å². The summed E-state index contributed by atoms with van der Waals surface area (Å²) in [5, 5.41) is 0. The number of rotatable bonds is 6. The number of hydrogen-bond donors (Lipinski definition) is 0. The Balaban J connectivity index is 1.76. The van der Waals surface area contributed by atoms with E-state index in [1.807, 2.05) is 49.1 Å². The summed E-state index contributed by atoms with van der Waals surface area (Å²) in [4.78, 5) is 31.6. The Kier molecular flexibility index (Phi) is 6.99. The largest absolute Gasteiger partial charge is 0.342 e. The second kappa shape index (κ2) is 9.65. The number of carbonyl (C=O) groups is 2. The third kappa shape index (κ3) is 4.65. The van der Waals surface area contributed by atoms with Crippen LogP contribution >= 0.6 is 0 Å². The van der Waals surface area contributed by atoms with E-state index in [-0.39, 0.29) is 23.4 Å². The second-order valence-electron chi connectivity index (χ2n) is 7.13. The zero-order valence-electron chi connectivity index (χ0n) is 17.1. The number of nitrogens with zero attached hydrogens (tertiary/aromatic N) is 3. The van der Waals surface area contributed by atoms with E-state index in [4.69, 9.17) is 0 Å². The lowest BCUT2D eigenvalue weighted by atomic mass is 10.0. The molecule has 154 valence electrons. The van der Waals surface area contributed by atoms with Gasteiger partial charge in [-0.15, -0.1) is 0 Å². The molecule has 0 radical (unpaired) electrons. The van der Waals surface area contributed by atoms with Gasteiger partial charge in [0.25, 0.3) is 5.91 Å². The van der Waals surface area contributed by atoms with Crippen molar-refractivity contribution in [3.63, 3.8) is 0 Å². The maximum atomic E-state index is 14.0. The average molecular weight is 397 g/mol. The number of benzene rings is 2. The van der Waals surface area contributed by atoms with E-state index in [2.05, 4.69) is 4.90 Å². The Hall–Kier alpha value is -2.73. The fraction of sp³-hybridized carbons (Fsp3) is 0.391. The number of halogens is 1. The molecule has 0 unspecified atom stereocenters. The van der Waals surface area contributed by atoms with Crippen molar-refractivity contribution in [3.8, 4) is 0 Å². The summed E-state index contributed by atoms with van der Waals surface area (Å²) in [6.07, 6.45) is 0. The quantitative estimate of drug-likeness (QED) is 0.752. The molecule has 1 fully saturated rings. The van der Waals surface area contributed by atoms with E-state index in [9.17, 15) is 14.0 Å². The highest BCUT2D eigenvalue weighted by molar-refractivity contribution is 5.94. The van der Waals surface area contributed by atoms with Crippen LogP contribution in [0.5, 0.6) is 0 Å². The van der Waals surface area contributed by atoms with Crippen LogP contribution in [0.25, 0.3) is 0 Å². The molecule has 1 saturated heterocycles. The maximum Gasteiger partial charge on any atom is 0.256 e. The second-order valence-corrected chi connectivity index (χ2v) is 7.13. The maximum absolute atomic E-state index is 14.0. The molecule has 3 rings (SSSR count). The van der Waals surface area contributed by atoms with E-state index < -0.39 is 5.82 Å². The van der Waals surface area contributed by atoms with Crippen molar-refractivity contribution in [2.75, 3.05) is 39.3 Å². The van der Waals surface area contributed by atoms with Crippen LogP contribution in [-0.2, 0) is 4.79 Å². The first-order chi connectivity index (χ1) is 14.1. The minimum Gasteiger partial charge on any atom is -0.342 e. The molecular formula is C23H28FN3O2. The number of amides is 2. The first-order valence-corrected chi connectivity index (χ1v) is 10.2. The van der Waals surface area contributed by atoms with Crippen molar-refractivity contribution in [2.24, 2.45) is 0 Å².